The SMILES string of the molecule is COc1ccc(F)cc1/C(O)=C1\C(=O)C(=O)N(Cc2ccccn2)C1c1c[nH]c2ccccc12. The Balaban J connectivity index is 1.74. The number of carbonyl (C=O) groups excluding carboxylic acids is 2. The third-order valence-corrected chi connectivity index (χ3v) is 5.93. The molecule has 8 heteroatoms. The highest BCUT2D eigenvalue weighted by atomic mass is 19.1. The number of halogens is 1. The minimum atomic E-state index is -0.925. The average Bonchev–Trinajstić information content (AvgIpc) is 3.38. The number of nitrogens with zero attached hydrogens (tertiary/aromatic N) is 2. The van der Waals surface area contributed by atoms with E-state index >= 15 is 0 Å². The van der Waals surface area contributed by atoms with Gasteiger partial charge in [-0.05, 0) is 36.4 Å². The standard InChI is InChI=1S/C26H20FN3O4/c1-34-21-10-9-15(27)12-18(21)24(31)22-23(19-13-29-20-8-3-2-7-17(19)20)30(26(33)25(22)32)14-16-6-4-5-11-28-16/h2-13,23,29,31H,14H2,1H3/b24-22+. The molecule has 1 saturated heterocycles. The number of ether oxygens (including phenoxy) is 1. The number of H-pyrrole nitrogens is 1. The Hall–Kier alpha value is -4.46. The third-order valence-electron chi connectivity index (χ3n) is 5.93. The number of benzene rings is 2. The molecule has 4 aromatic rings. The zero-order valence-corrected chi connectivity index (χ0v) is 18.2. The van der Waals surface area contributed by atoms with E-state index in [4.69, 9.17) is 4.74 Å². The molecule has 34 heavy (non-hydrogen) atoms. The number of rotatable bonds is 5. The summed E-state index contributed by atoms with van der Waals surface area (Å²) in [5.41, 5.74) is 1.86. The summed E-state index contributed by atoms with van der Waals surface area (Å²) >= 11 is 0. The van der Waals surface area contributed by atoms with E-state index in [-0.39, 0.29) is 23.4 Å². The summed E-state index contributed by atoms with van der Waals surface area (Å²) in [4.78, 5) is 35.3. The summed E-state index contributed by atoms with van der Waals surface area (Å²) in [5.74, 6) is -2.59. The summed E-state index contributed by atoms with van der Waals surface area (Å²) in [6.45, 7) is 0.0483. The number of aromatic amines is 1. The highest BCUT2D eigenvalue weighted by Gasteiger charge is 2.47. The molecule has 1 atom stereocenters. The number of methoxy groups -OCH3 is 1. The number of nitrogens with one attached hydrogen (secondary N) is 1. The first-order chi connectivity index (χ1) is 16.5. The van der Waals surface area contributed by atoms with E-state index in [0.29, 0.717) is 11.3 Å². The molecular formula is C26H20FN3O4. The fraction of sp³-hybridized carbons (Fsp3) is 0.115. The Labute approximate surface area is 194 Å². The Morgan fingerprint density at radius 1 is 1.15 bits per heavy atom. The monoisotopic (exact) mass is 457 g/mol. The summed E-state index contributed by atoms with van der Waals surface area (Å²) in [7, 11) is 1.38. The van der Waals surface area contributed by atoms with Crippen molar-refractivity contribution in [2.75, 3.05) is 7.11 Å². The third kappa shape index (κ3) is 3.49. The van der Waals surface area contributed by atoms with Crippen LogP contribution >= 0.6 is 0 Å². The van der Waals surface area contributed by atoms with Crippen molar-refractivity contribution in [3.05, 3.63) is 101 Å². The van der Waals surface area contributed by atoms with Crippen LogP contribution in [-0.4, -0.2) is 38.8 Å². The van der Waals surface area contributed by atoms with Crippen LogP contribution in [0.2, 0.25) is 0 Å². The van der Waals surface area contributed by atoms with E-state index in [1.165, 1.54) is 24.1 Å². The van der Waals surface area contributed by atoms with Crippen LogP contribution in [0.5, 0.6) is 5.75 Å². The lowest BCUT2D eigenvalue weighted by atomic mass is 9.94. The van der Waals surface area contributed by atoms with Gasteiger partial charge in [0.15, 0.2) is 0 Å². The number of hydrogen-bond donors (Lipinski definition) is 2. The zero-order chi connectivity index (χ0) is 23.8. The number of aliphatic hydroxyl groups excluding tert-OH is 1. The van der Waals surface area contributed by atoms with Crippen LogP contribution in [0, 0.1) is 5.82 Å². The van der Waals surface area contributed by atoms with Crippen LogP contribution in [-0.2, 0) is 16.1 Å². The lowest BCUT2D eigenvalue weighted by Crippen LogP contribution is -2.29. The molecule has 1 fully saturated rings. The molecule has 1 aliphatic rings. The number of ketones is 1. The van der Waals surface area contributed by atoms with E-state index in [0.717, 1.165) is 17.0 Å². The highest BCUT2D eigenvalue weighted by Crippen LogP contribution is 2.43. The first-order valence-corrected chi connectivity index (χ1v) is 10.6. The van der Waals surface area contributed by atoms with Crippen molar-refractivity contribution in [1.29, 1.82) is 0 Å². The van der Waals surface area contributed by atoms with Gasteiger partial charge >= 0.3 is 0 Å². The first-order valence-electron chi connectivity index (χ1n) is 10.6. The van der Waals surface area contributed by atoms with Gasteiger partial charge in [0.25, 0.3) is 11.7 Å². The van der Waals surface area contributed by atoms with E-state index in [9.17, 15) is 19.1 Å². The van der Waals surface area contributed by atoms with Crippen molar-refractivity contribution in [1.82, 2.24) is 14.9 Å². The molecule has 1 aliphatic heterocycles. The van der Waals surface area contributed by atoms with Crippen LogP contribution in [0.1, 0.15) is 22.9 Å². The molecule has 0 spiro atoms. The number of aliphatic hydroxyl groups is 1. The smallest absolute Gasteiger partial charge is 0.296 e. The quantitative estimate of drug-likeness (QED) is 0.264. The number of aromatic nitrogens is 2. The van der Waals surface area contributed by atoms with Crippen LogP contribution in [0.3, 0.4) is 0 Å². The maximum absolute atomic E-state index is 14.1. The molecule has 0 aliphatic carbocycles. The number of amides is 1. The van der Waals surface area contributed by atoms with Crippen molar-refractivity contribution in [2.24, 2.45) is 0 Å². The van der Waals surface area contributed by atoms with E-state index in [1.807, 2.05) is 24.3 Å². The molecule has 5 rings (SSSR count). The Morgan fingerprint density at radius 2 is 1.94 bits per heavy atom. The Bertz CT molecular complexity index is 1440. The molecule has 1 unspecified atom stereocenters. The number of pyridine rings is 1. The number of fused-ring (bicyclic) bond motifs is 1. The molecule has 7 nitrogen and oxygen atoms in total. The van der Waals surface area contributed by atoms with Gasteiger partial charge in [0.2, 0.25) is 0 Å². The number of likely N-dealkylation sites (tertiary alicyclic amines) is 1. The number of carbonyl (C=O) groups is 2. The van der Waals surface area contributed by atoms with Gasteiger partial charge in [-0.25, -0.2) is 4.39 Å². The van der Waals surface area contributed by atoms with Crippen molar-refractivity contribution in [3.8, 4) is 5.75 Å². The molecule has 3 heterocycles. The summed E-state index contributed by atoms with van der Waals surface area (Å²) in [5, 5.41) is 12.1. The van der Waals surface area contributed by atoms with Gasteiger partial charge in [-0.3, -0.25) is 14.6 Å². The Kier molecular flexibility index (Phi) is 5.33. The molecule has 0 bridgehead atoms. The minimum absolute atomic E-state index is 0.0109. The van der Waals surface area contributed by atoms with Gasteiger partial charge in [0.1, 0.15) is 17.3 Å². The fourth-order valence-electron chi connectivity index (χ4n) is 4.36. The molecular weight excluding hydrogens is 437 g/mol. The second-order valence-corrected chi connectivity index (χ2v) is 7.88. The Morgan fingerprint density at radius 3 is 2.71 bits per heavy atom. The van der Waals surface area contributed by atoms with Gasteiger partial charge in [-0.15, -0.1) is 0 Å². The van der Waals surface area contributed by atoms with Crippen molar-refractivity contribution in [3.63, 3.8) is 0 Å². The molecule has 2 aromatic carbocycles. The second-order valence-electron chi connectivity index (χ2n) is 7.88. The average molecular weight is 457 g/mol. The minimum Gasteiger partial charge on any atom is -0.507 e. The second kappa shape index (κ2) is 8.47. The zero-order valence-electron chi connectivity index (χ0n) is 18.2. The lowest BCUT2D eigenvalue weighted by Gasteiger charge is -2.24. The van der Waals surface area contributed by atoms with Crippen molar-refractivity contribution < 1.29 is 23.8 Å². The van der Waals surface area contributed by atoms with E-state index in [1.54, 1.807) is 30.6 Å². The largest absolute Gasteiger partial charge is 0.507 e. The van der Waals surface area contributed by atoms with Crippen LogP contribution in [0.15, 0.2) is 78.6 Å². The van der Waals surface area contributed by atoms with Crippen LogP contribution in [0.4, 0.5) is 4.39 Å². The fourth-order valence-corrected chi connectivity index (χ4v) is 4.36. The number of hydrogen-bond acceptors (Lipinski definition) is 5. The molecule has 2 N–H and O–H groups in total. The van der Waals surface area contributed by atoms with Gasteiger partial charge < -0.3 is 19.7 Å². The number of Topliss-reactive ketones (excluding diaryl/α,β-unsaturated/α-hetero) is 1. The first kappa shape index (κ1) is 21.4. The summed E-state index contributed by atoms with van der Waals surface area (Å²) in [6, 6.07) is 15.4. The van der Waals surface area contributed by atoms with Crippen LogP contribution < -0.4 is 4.74 Å². The maximum Gasteiger partial charge on any atom is 0.296 e. The van der Waals surface area contributed by atoms with Crippen molar-refractivity contribution in [2.45, 2.75) is 12.6 Å². The normalized spacial score (nSPS) is 17.5. The molecule has 0 radical (unpaired) electrons. The van der Waals surface area contributed by atoms with E-state index < -0.39 is 29.3 Å². The van der Waals surface area contributed by atoms with E-state index in [2.05, 4.69) is 9.97 Å². The molecule has 170 valence electrons. The van der Waals surface area contributed by atoms with Gasteiger partial charge in [0.05, 0.1) is 36.5 Å². The van der Waals surface area contributed by atoms with Gasteiger partial charge in [0, 0.05) is 28.9 Å². The predicted octanol–water partition coefficient (Wildman–Crippen LogP) is 4.33. The summed E-state index contributed by atoms with van der Waals surface area (Å²) in [6.07, 6.45) is 3.31. The molecule has 2 aromatic heterocycles. The highest BCUT2D eigenvalue weighted by molar-refractivity contribution is 6.46. The number of para-hydroxylation sites is 1. The van der Waals surface area contributed by atoms with Crippen LogP contribution in [0.25, 0.3) is 16.7 Å². The summed E-state index contributed by atoms with van der Waals surface area (Å²) < 4.78 is 19.4. The molecule has 1 amide bonds. The van der Waals surface area contributed by atoms with Gasteiger partial charge in [-0.1, -0.05) is 24.3 Å². The maximum atomic E-state index is 14.1. The lowest BCUT2D eigenvalue weighted by molar-refractivity contribution is -0.140. The predicted molar refractivity (Wildman–Crippen MR) is 123 cm³/mol. The topological polar surface area (TPSA) is 95.5 Å². The van der Waals surface area contributed by atoms with Crippen molar-refractivity contribution >= 4 is 28.4 Å². The van der Waals surface area contributed by atoms with Gasteiger partial charge in [-0.2, -0.15) is 0 Å². The molecule has 0 saturated carbocycles.